The van der Waals surface area contributed by atoms with Gasteiger partial charge in [0.25, 0.3) is 0 Å². The zero-order chi connectivity index (χ0) is 0. The summed E-state index contributed by atoms with van der Waals surface area (Å²) in [5, 5.41) is 0. The summed E-state index contributed by atoms with van der Waals surface area (Å²) in [6.07, 6.45) is 0. The zero-order valence-electron chi connectivity index (χ0n) is 2.76. The summed E-state index contributed by atoms with van der Waals surface area (Å²) >= 11 is 0. The van der Waals surface area contributed by atoms with Gasteiger partial charge >= 0.3 is 45.6 Å². The first kappa shape index (κ1) is 46.3. The zero-order valence-corrected chi connectivity index (χ0v) is 12.8. The maximum absolute atomic E-state index is 0. The molecule has 2 radical (unpaired) electrons. The van der Waals surface area contributed by atoms with Gasteiger partial charge < -0.3 is 0 Å². The minimum absolute atomic E-state index is 0. The first-order valence-corrected chi connectivity index (χ1v) is 0. The molecule has 0 heterocycles. The second-order valence-corrected chi connectivity index (χ2v) is 0. The predicted octanol–water partition coefficient (Wildman–Crippen LogP) is -3.29. The van der Waals surface area contributed by atoms with Gasteiger partial charge in [0.05, 0.1) is 0 Å². The Bertz CT molecular complexity index is 11.6. The second-order valence-electron chi connectivity index (χ2n) is 0. The molecule has 5 heavy (non-hydrogen) atoms. The minimum atomic E-state index is 0. The molecule has 0 aromatic carbocycles. The van der Waals surface area contributed by atoms with E-state index < -0.39 is 0 Å². The summed E-state index contributed by atoms with van der Waals surface area (Å²) in [5.41, 5.74) is 0. The van der Waals surface area contributed by atoms with E-state index >= 15 is 0 Å². The third-order valence-electron chi connectivity index (χ3n) is 0. The van der Waals surface area contributed by atoms with E-state index in [2.05, 4.69) is 0 Å². The van der Waals surface area contributed by atoms with E-state index in [0.29, 0.717) is 0 Å². The Hall–Kier alpha value is 2.78. The van der Waals surface area contributed by atoms with E-state index in [4.69, 9.17) is 0 Å². The van der Waals surface area contributed by atoms with Crippen molar-refractivity contribution in [3.05, 3.63) is 0 Å². The van der Waals surface area contributed by atoms with Gasteiger partial charge in [-0.1, -0.05) is 0 Å². The van der Waals surface area contributed by atoms with E-state index in [1.807, 2.05) is 0 Å². The van der Waals surface area contributed by atoms with Crippen LogP contribution in [0.1, 0.15) is 0 Å². The molecule has 5 heteroatoms. The summed E-state index contributed by atoms with van der Waals surface area (Å²) in [4.78, 5) is 0. The van der Waals surface area contributed by atoms with Gasteiger partial charge in [0.2, 0.25) is 0 Å². The number of hydrogen-bond acceptors (Lipinski definition) is 0. The van der Waals surface area contributed by atoms with E-state index in [-0.39, 0.29) is 91.0 Å². The molecule has 0 nitrogen and oxygen atoms in total. The molecule has 0 saturated heterocycles. The molecule has 0 atom stereocenters. The Kier molecular flexibility index (Phi) is 272. The molecule has 0 aliphatic rings. The van der Waals surface area contributed by atoms with Crippen LogP contribution in [0.5, 0.6) is 0 Å². The van der Waals surface area contributed by atoms with E-state index in [1.54, 1.807) is 0 Å². The fourth-order valence-electron chi connectivity index (χ4n) is 0. The van der Waals surface area contributed by atoms with Crippen molar-refractivity contribution in [3.8, 4) is 0 Å². The van der Waals surface area contributed by atoms with E-state index in [1.165, 1.54) is 0 Å². The molecule has 32 valence electrons. The van der Waals surface area contributed by atoms with Crippen LogP contribution >= 0.6 is 0 Å². The van der Waals surface area contributed by atoms with Crippen LogP contribution in [-0.2, 0) is 34.4 Å². The van der Waals surface area contributed by atoms with Crippen molar-refractivity contribution in [1.82, 2.24) is 0 Å². The van der Waals surface area contributed by atoms with Crippen molar-refractivity contribution in [2.45, 2.75) is 0 Å². The summed E-state index contributed by atoms with van der Waals surface area (Å²) in [6, 6.07) is 0. The van der Waals surface area contributed by atoms with Gasteiger partial charge in [0, 0.05) is 34.4 Å². The van der Waals surface area contributed by atoms with Gasteiger partial charge in [-0.25, -0.2) is 0 Å². The molecule has 0 saturated carbocycles. The Balaban J connectivity index is 0. The standard InChI is InChI=1S/Cr.Fe.Ga.In.H3Si.5H/h;;;;1H3;;;;;. The topological polar surface area (TPSA) is 0 Å². The molecule has 0 fully saturated rings. The van der Waals surface area contributed by atoms with Gasteiger partial charge in [-0.15, -0.1) is 0 Å². The van der Waals surface area contributed by atoms with Crippen LogP contribution < -0.4 is 0 Å². The Labute approximate surface area is 89.7 Å². The van der Waals surface area contributed by atoms with Crippen molar-refractivity contribution in [2.24, 2.45) is 0 Å². The van der Waals surface area contributed by atoms with Crippen molar-refractivity contribution >= 4 is 56.6 Å². The van der Waals surface area contributed by atoms with Crippen LogP contribution in [0.2, 0.25) is 0 Å². The maximum atomic E-state index is 0. The van der Waals surface area contributed by atoms with Crippen molar-refractivity contribution < 1.29 is 34.4 Å². The third-order valence-corrected chi connectivity index (χ3v) is 0. The van der Waals surface area contributed by atoms with Crippen LogP contribution in [-0.4, -0.2) is 56.6 Å². The molecule has 0 aromatic heterocycles. The maximum Gasteiger partial charge on any atom is -0.0125 e. The monoisotopic (exact) mass is 328 g/mol. The van der Waals surface area contributed by atoms with Gasteiger partial charge in [-0.2, -0.15) is 0 Å². The first-order valence-electron chi connectivity index (χ1n) is 0. The van der Waals surface area contributed by atoms with Crippen molar-refractivity contribution in [3.63, 3.8) is 0 Å². The molecular formula is H8CrFeGaInSi. The van der Waals surface area contributed by atoms with E-state index in [9.17, 15) is 0 Å². The van der Waals surface area contributed by atoms with Gasteiger partial charge in [-0.3, -0.25) is 0 Å². The predicted molar refractivity (Wildman–Crippen MR) is 28.4 cm³/mol. The van der Waals surface area contributed by atoms with Crippen LogP contribution in [0.15, 0.2) is 0 Å². The molecule has 0 spiro atoms. The molecule has 0 rings (SSSR count). The van der Waals surface area contributed by atoms with Crippen LogP contribution in [0.4, 0.5) is 0 Å². The summed E-state index contributed by atoms with van der Waals surface area (Å²) in [6.45, 7) is 0. The summed E-state index contributed by atoms with van der Waals surface area (Å²) in [5.74, 6) is 0. The van der Waals surface area contributed by atoms with Gasteiger partial charge in [0.15, 0.2) is 0 Å². The number of rotatable bonds is 0. The molecule has 0 bridgehead atoms. The summed E-state index contributed by atoms with van der Waals surface area (Å²) in [7, 11) is 0. The largest absolute Gasteiger partial charge is 0.0125 e. The second kappa shape index (κ2) is 29.3. The molecule has 0 aromatic rings. The molecule has 0 aliphatic carbocycles. The van der Waals surface area contributed by atoms with Gasteiger partial charge in [0.1, 0.15) is 0 Å². The molecule has 0 unspecified atom stereocenters. The van der Waals surface area contributed by atoms with Crippen LogP contribution in [0.3, 0.4) is 0 Å². The smallest absolute Gasteiger partial charge is 0.0125 e. The number of hydrogen-bond donors (Lipinski definition) is 0. The van der Waals surface area contributed by atoms with Gasteiger partial charge in [-0.05, 0) is 11.0 Å². The Morgan fingerprint density at radius 3 is 1.00 bits per heavy atom. The van der Waals surface area contributed by atoms with Crippen LogP contribution in [0, 0.1) is 0 Å². The average molecular weight is 329 g/mol. The Morgan fingerprint density at radius 1 is 1.00 bits per heavy atom. The molecule has 0 aliphatic heterocycles. The fourth-order valence-corrected chi connectivity index (χ4v) is 0. The quantitative estimate of drug-likeness (QED) is 0.409. The average Bonchev–Trinajstić information content (AvgIpc) is 0. The molecule has 0 N–H and O–H groups in total. The molecular weight excluding hydrogens is 320 g/mol. The SMILES string of the molecule is [Cr].[Fe].[GaH3].[InH2].[SiH3]. The van der Waals surface area contributed by atoms with Crippen molar-refractivity contribution in [2.75, 3.05) is 0 Å². The fraction of sp³-hybridized carbons (Fsp3) is 0. The van der Waals surface area contributed by atoms with E-state index in [0.717, 1.165) is 0 Å². The summed E-state index contributed by atoms with van der Waals surface area (Å²) < 4.78 is 0. The van der Waals surface area contributed by atoms with Crippen molar-refractivity contribution in [1.29, 1.82) is 0 Å². The van der Waals surface area contributed by atoms with Crippen LogP contribution in [0.25, 0.3) is 0 Å². The Morgan fingerprint density at radius 2 is 1.00 bits per heavy atom. The molecule has 0 amide bonds. The first-order chi connectivity index (χ1) is 0. The normalized spacial score (nSPS) is 0. The third kappa shape index (κ3) is 20.1. The minimum Gasteiger partial charge on any atom is -0.0125 e.